The number of benzene rings is 2. The molecule has 2 aromatic rings. The number of carbonyl (C=O) groups is 4. The molecule has 180 valence electrons. The van der Waals surface area contributed by atoms with Gasteiger partial charge in [-0.25, -0.2) is 0 Å². The number of esters is 1. The Balaban J connectivity index is 1.91. The molecule has 1 aliphatic rings. The number of nitrogens with one attached hydrogen (secondary N) is 2. The average Bonchev–Trinajstić information content (AvgIpc) is 2.93. The number of hydrogen-bond acceptors (Lipinski definition) is 6. The number of amides is 3. The fourth-order valence-electron chi connectivity index (χ4n) is 4.02. The summed E-state index contributed by atoms with van der Waals surface area (Å²) in [6.07, 6.45) is 0.547. The number of hydrogen-bond donors (Lipinski definition) is 3. The minimum absolute atomic E-state index is 0.0746. The SMILES string of the molecule is CCC(C)[C@H]1C(=O)Nc2ccc(N)cc2C(=O)N1CC(=O)N[C@@H](CC(=O)OC)c1ccccc1. The van der Waals surface area contributed by atoms with Gasteiger partial charge in [0.25, 0.3) is 5.91 Å². The van der Waals surface area contributed by atoms with Crippen molar-refractivity contribution in [3.05, 3.63) is 59.7 Å². The lowest BCUT2D eigenvalue weighted by Crippen LogP contribution is -2.52. The van der Waals surface area contributed by atoms with E-state index >= 15 is 0 Å². The van der Waals surface area contributed by atoms with Gasteiger partial charge in [-0.1, -0.05) is 50.6 Å². The van der Waals surface area contributed by atoms with Crippen molar-refractivity contribution >= 4 is 35.1 Å². The Morgan fingerprint density at radius 1 is 1.18 bits per heavy atom. The van der Waals surface area contributed by atoms with Gasteiger partial charge in [0.1, 0.15) is 12.6 Å². The molecule has 0 radical (unpaired) electrons. The second kappa shape index (κ2) is 10.8. The Bertz CT molecular complexity index is 1070. The van der Waals surface area contributed by atoms with Crippen molar-refractivity contribution in [2.24, 2.45) is 5.92 Å². The van der Waals surface area contributed by atoms with E-state index in [1.807, 2.05) is 19.9 Å². The molecule has 0 bridgehead atoms. The summed E-state index contributed by atoms with van der Waals surface area (Å²) < 4.78 is 4.78. The van der Waals surface area contributed by atoms with Crippen LogP contribution in [0, 0.1) is 5.92 Å². The second-order valence-electron chi connectivity index (χ2n) is 8.37. The van der Waals surface area contributed by atoms with Crippen LogP contribution in [-0.4, -0.2) is 48.3 Å². The van der Waals surface area contributed by atoms with Crippen LogP contribution in [0.1, 0.15) is 48.7 Å². The summed E-state index contributed by atoms with van der Waals surface area (Å²) in [5.74, 6) is -2.03. The number of fused-ring (bicyclic) bond motifs is 1. The maximum Gasteiger partial charge on any atom is 0.307 e. The van der Waals surface area contributed by atoms with Crippen LogP contribution in [0.25, 0.3) is 0 Å². The van der Waals surface area contributed by atoms with Crippen LogP contribution in [0.2, 0.25) is 0 Å². The Labute approximate surface area is 198 Å². The van der Waals surface area contributed by atoms with Crippen molar-refractivity contribution in [2.75, 3.05) is 24.7 Å². The molecule has 0 spiro atoms. The minimum atomic E-state index is -0.854. The summed E-state index contributed by atoms with van der Waals surface area (Å²) in [7, 11) is 1.28. The molecule has 1 aliphatic heterocycles. The van der Waals surface area contributed by atoms with E-state index in [2.05, 4.69) is 10.6 Å². The van der Waals surface area contributed by atoms with Crippen molar-refractivity contribution in [3.63, 3.8) is 0 Å². The third-order valence-corrected chi connectivity index (χ3v) is 6.03. The highest BCUT2D eigenvalue weighted by Gasteiger charge is 2.39. The maximum absolute atomic E-state index is 13.5. The van der Waals surface area contributed by atoms with Crippen molar-refractivity contribution in [1.29, 1.82) is 0 Å². The molecule has 3 amide bonds. The first-order valence-corrected chi connectivity index (χ1v) is 11.2. The van der Waals surface area contributed by atoms with Gasteiger partial charge in [0.05, 0.1) is 30.8 Å². The maximum atomic E-state index is 13.5. The zero-order valence-electron chi connectivity index (χ0n) is 19.5. The minimum Gasteiger partial charge on any atom is -0.469 e. The quantitative estimate of drug-likeness (QED) is 0.405. The standard InChI is InChI=1S/C25H30N4O5/c1-4-15(2)23-24(32)28-19-11-10-17(26)12-18(19)25(33)29(23)14-21(30)27-20(13-22(31)34-3)16-8-6-5-7-9-16/h5-12,15,20,23H,4,13-14,26H2,1-3H3,(H,27,30)(H,28,32)/t15?,20-,23-/m0/s1. The summed E-state index contributed by atoms with van der Waals surface area (Å²) in [5.41, 5.74) is 7.55. The lowest BCUT2D eigenvalue weighted by Gasteiger charge is -2.32. The molecule has 2 aromatic carbocycles. The van der Waals surface area contributed by atoms with E-state index in [-0.39, 0.29) is 30.4 Å². The predicted molar refractivity (Wildman–Crippen MR) is 128 cm³/mol. The smallest absolute Gasteiger partial charge is 0.307 e. The van der Waals surface area contributed by atoms with Crippen LogP contribution in [0.3, 0.4) is 0 Å². The number of rotatable bonds is 8. The molecule has 9 nitrogen and oxygen atoms in total. The topological polar surface area (TPSA) is 131 Å². The van der Waals surface area contributed by atoms with Crippen molar-refractivity contribution in [2.45, 2.75) is 38.8 Å². The molecule has 9 heteroatoms. The Morgan fingerprint density at radius 3 is 2.53 bits per heavy atom. The van der Waals surface area contributed by atoms with E-state index in [4.69, 9.17) is 10.5 Å². The van der Waals surface area contributed by atoms with Crippen LogP contribution in [0.5, 0.6) is 0 Å². The molecule has 1 unspecified atom stereocenters. The van der Waals surface area contributed by atoms with Crippen LogP contribution >= 0.6 is 0 Å². The molecule has 0 fully saturated rings. The van der Waals surface area contributed by atoms with Crippen LogP contribution in [-0.2, 0) is 19.1 Å². The Hall–Kier alpha value is -3.88. The molecule has 3 rings (SSSR count). The van der Waals surface area contributed by atoms with Gasteiger partial charge in [0, 0.05) is 5.69 Å². The van der Waals surface area contributed by atoms with Gasteiger partial charge in [-0.05, 0) is 29.7 Å². The number of anilines is 2. The van der Waals surface area contributed by atoms with Crippen LogP contribution in [0.15, 0.2) is 48.5 Å². The van der Waals surface area contributed by atoms with E-state index in [0.29, 0.717) is 17.8 Å². The van der Waals surface area contributed by atoms with Crippen molar-refractivity contribution in [3.8, 4) is 0 Å². The molecule has 1 heterocycles. The summed E-state index contributed by atoms with van der Waals surface area (Å²) in [6.45, 7) is 3.41. The van der Waals surface area contributed by atoms with Gasteiger partial charge in [-0.15, -0.1) is 0 Å². The van der Waals surface area contributed by atoms with E-state index in [1.54, 1.807) is 36.4 Å². The highest BCUT2D eigenvalue weighted by atomic mass is 16.5. The number of methoxy groups -OCH3 is 1. The van der Waals surface area contributed by atoms with Gasteiger partial charge < -0.3 is 26.0 Å². The lowest BCUT2D eigenvalue weighted by molar-refractivity contribution is -0.141. The van der Waals surface area contributed by atoms with Gasteiger partial charge >= 0.3 is 5.97 Å². The summed E-state index contributed by atoms with van der Waals surface area (Å²) in [4.78, 5) is 53.0. The zero-order chi connectivity index (χ0) is 24.8. The molecule has 0 saturated carbocycles. The fraction of sp³-hybridized carbons (Fsp3) is 0.360. The fourth-order valence-corrected chi connectivity index (χ4v) is 4.02. The predicted octanol–water partition coefficient (Wildman–Crippen LogP) is 2.50. The number of nitrogens with zero attached hydrogens (tertiary/aromatic N) is 1. The van der Waals surface area contributed by atoms with Crippen molar-refractivity contribution < 1.29 is 23.9 Å². The number of nitrogens with two attached hydrogens (primary N) is 1. The first-order valence-electron chi connectivity index (χ1n) is 11.2. The van der Waals surface area contributed by atoms with Gasteiger partial charge in [-0.2, -0.15) is 0 Å². The number of ether oxygens (including phenoxy) is 1. The van der Waals surface area contributed by atoms with E-state index in [1.165, 1.54) is 18.1 Å². The zero-order valence-corrected chi connectivity index (χ0v) is 19.5. The third kappa shape index (κ3) is 5.54. The molecule has 4 N–H and O–H groups in total. The molecular formula is C25H30N4O5. The monoisotopic (exact) mass is 466 g/mol. The normalized spacial score (nSPS) is 17.1. The van der Waals surface area contributed by atoms with E-state index < -0.39 is 29.9 Å². The summed E-state index contributed by atoms with van der Waals surface area (Å²) in [6, 6.07) is 12.2. The van der Waals surface area contributed by atoms with Gasteiger partial charge in [0.2, 0.25) is 11.8 Å². The Kier molecular flexibility index (Phi) is 7.88. The van der Waals surface area contributed by atoms with Gasteiger partial charge in [0.15, 0.2) is 0 Å². The average molecular weight is 467 g/mol. The highest BCUT2D eigenvalue weighted by Crippen LogP contribution is 2.29. The third-order valence-electron chi connectivity index (χ3n) is 6.03. The molecule has 0 saturated heterocycles. The largest absolute Gasteiger partial charge is 0.469 e. The summed E-state index contributed by atoms with van der Waals surface area (Å²) >= 11 is 0. The highest BCUT2D eigenvalue weighted by molar-refractivity contribution is 6.11. The van der Waals surface area contributed by atoms with Crippen LogP contribution in [0.4, 0.5) is 11.4 Å². The van der Waals surface area contributed by atoms with E-state index in [9.17, 15) is 19.2 Å². The molecule has 0 aromatic heterocycles. The first kappa shape index (κ1) is 24.8. The number of nitrogen functional groups attached to an aromatic ring is 1. The van der Waals surface area contributed by atoms with Crippen molar-refractivity contribution in [1.82, 2.24) is 10.2 Å². The lowest BCUT2D eigenvalue weighted by atomic mass is 9.96. The summed E-state index contributed by atoms with van der Waals surface area (Å²) in [5, 5.41) is 5.62. The van der Waals surface area contributed by atoms with E-state index in [0.717, 1.165) is 5.56 Å². The van der Waals surface area contributed by atoms with Crippen LogP contribution < -0.4 is 16.4 Å². The Morgan fingerprint density at radius 2 is 1.88 bits per heavy atom. The molecule has 3 atom stereocenters. The number of carbonyl (C=O) groups excluding carboxylic acids is 4. The molecule has 34 heavy (non-hydrogen) atoms. The molecule has 0 aliphatic carbocycles. The van der Waals surface area contributed by atoms with Gasteiger partial charge in [-0.3, -0.25) is 19.2 Å². The second-order valence-corrected chi connectivity index (χ2v) is 8.37. The first-order chi connectivity index (χ1) is 16.2. The molecular weight excluding hydrogens is 436 g/mol.